The van der Waals surface area contributed by atoms with Crippen LogP contribution in [-0.4, -0.2) is 21.1 Å². The van der Waals surface area contributed by atoms with E-state index in [4.69, 9.17) is 4.74 Å². The second-order valence-electron chi connectivity index (χ2n) is 5.51. The first kappa shape index (κ1) is 15.7. The highest BCUT2D eigenvalue weighted by Gasteiger charge is 2.12. The predicted octanol–water partition coefficient (Wildman–Crippen LogP) is 3.92. The Bertz CT molecular complexity index is 1110. The normalized spacial score (nSPS) is 11.0. The van der Waals surface area contributed by atoms with E-state index in [-0.39, 0.29) is 5.56 Å². The number of fused-ring (bicyclic) bond motifs is 1. The Morgan fingerprint density at radius 2 is 1.80 bits per heavy atom. The van der Waals surface area contributed by atoms with Crippen LogP contribution in [0.15, 0.2) is 76.4 Å². The molecule has 2 aromatic carbocycles. The molecule has 25 heavy (non-hydrogen) atoms. The van der Waals surface area contributed by atoms with Gasteiger partial charge >= 0.3 is 0 Å². The molecular weight excluding hydrogens is 382 g/mol. The van der Waals surface area contributed by atoms with Crippen LogP contribution in [-0.2, 0) is 0 Å². The van der Waals surface area contributed by atoms with Gasteiger partial charge in [-0.05, 0) is 24.3 Å². The van der Waals surface area contributed by atoms with Crippen molar-refractivity contribution in [2.75, 3.05) is 7.11 Å². The second-order valence-corrected chi connectivity index (χ2v) is 6.42. The highest BCUT2D eigenvalue weighted by molar-refractivity contribution is 9.10. The Morgan fingerprint density at radius 3 is 2.56 bits per heavy atom. The fourth-order valence-electron chi connectivity index (χ4n) is 2.76. The summed E-state index contributed by atoms with van der Waals surface area (Å²) < 4.78 is 9.65. The van der Waals surface area contributed by atoms with Crippen LogP contribution in [0, 0.1) is 0 Å². The van der Waals surface area contributed by atoms with Gasteiger partial charge in [-0.15, -0.1) is 0 Å². The molecule has 2 aromatic heterocycles. The zero-order chi connectivity index (χ0) is 17.4. The van der Waals surface area contributed by atoms with Crippen molar-refractivity contribution in [2.24, 2.45) is 0 Å². The van der Waals surface area contributed by atoms with Gasteiger partial charge in [0.1, 0.15) is 5.75 Å². The second kappa shape index (κ2) is 6.22. The van der Waals surface area contributed by atoms with E-state index in [0.29, 0.717) is 17.1 Å². The lowest BCUT2D eigenvalue weighted by molar-refractivity contribution is 0.412. The maximum Gasteiger partial charge on any atom is 0.298 e. The summed E-state index contributed by atoms with van der Waals surface area (Å²) in [6, 6.07) is 15.2. The number of benzene rings is 2. The first-order valence-electron chi connectivity index (χ1n) is 7.67. The number of hydrogen-bond donors (Lipinski definition) is 0. The average Bonchev–Trinajstić information content (AvgIpc) is 3.08. The molecule has 6 heteroatoms. The molecule has 0 saturated carbocycles. The fraction of sp³-hybridized carbons (Fsp3) is 0.0526. The van der Waals surface area contributed by atoms with Crippen molar-refractivity contribution in [1.29, 1.82) is 0 Å². The topological polar surface area (TPSA) is 48.5 Å². The maximum atomic E-state index is 12.9. The van der Waals surface area contributed by atoms with Crippen LogP contribution in [0.1, 0.15) is 0 Å². The van der Waals surface area contributed by atoms with Gasteiger partial charge in [0, 0.05) is 28.6 Å². The van der Waals surface area contributed by atoms with Crippen molar-refractivity contribution >= 4 is 21.6 Å². The number of nitrogens with zero attached hydrogens (tertiary/aromatic N) is 3. The molecule has 4 aromatic rings. The fourth-order valence-corrected chi connectivity index (χ4v) is 3.02. The highest BCUT2D eigenvalue weighted by Crippen LogP contribution is 2.23. The van der Waals surface area contributed by atoms with E-state index >= 15 is 0 Å². The number of aromatic nitrogens is 3. The molecule has 0 aliphatic heterocycles. The summed E-state index contributed by atoms with van der Waals surface area (Å²) >= 11 is 3.42. The summed E-state index contributed by atoms with van der Waals surface area (Å²) in [6.45, 7) is 0. The Labute approximate surface area is 152 Å². The van der Waals surface area contributed by atoms with E-state index in [9.17, 15) is 4.79 Å². The van der Waals surface area contributed by atoms with Crippen molar-refractivity contribution < 1.29 is 4.74 Å². The summed E-state index contributed by atoms with van der Waals surface area (Å²) in [5.74, 6) is 0.633. The summed E-state index contributed by atoms with van der Waals surface area (Å²) in [5.41, 5.74) is 2.56. The van der Waals surface area contributed by atoms with Crippen LogP contribution >= 0.6 is 15.9 Å². The molecule has 0 fully saturated rings. The Kier molecular flexibility index (Phi) is 3.89. The van der Waals surface area contributed by atoms with Gasteiger partial charge in [-0.2, -0.15) is 0 Å². The predicted molar refractivity (Wildman–Crippen MR) is 100 cm³/mol. The lowest BCUT2D eigenvalue weighted by Gasteiger charge is -2.10. The molecule has 2 heterocycles. The van der Waals surface area contributed by atoms with Crippen LogP contribution in [0.4, 0.5) is 0 Å². The molecule has 0 atom stereocenters. The van der Waals surface area contributed by atoms with Crippen molar-refractivity contribution in [2.45, 2.75) is 0 Å². The standard InChI is InChI=1S/C19H14BrN3O2/c1-25-17-5-3-2-4-16(17)23-11-10-22-12-15(21-18(22)19(23)24)13-6-8-14(20)9-7-13/h2-12H,1H3. The molecule has 0 bridgehead atoms. The SMILES string of the molecule is COc1ccccc1-n1ccn2cc(-c3ccc(Br)cc3)nc2c1=O. The van der Waals surface area contributed by atoms with Crippen molar-refractivity contribution in [3.8, 4) is 22.7 Å². The Balaban J connectivity index is 1.89. The average molecular weight is 396 g/mol. The van der Waals surface area contributed by atoms with E-state index in [1.165, 1.54) is 0 Å². The van der Waals surface area contributed by atoms with Crippen molar-refractivity contribution in [1.82, 2.24) is 14.0 Å². The number of hydrogen-bond acceptors (Lipinski definition) is 3. The van der Waals surface area contributed by atoms with E-state index in [1.54, 1.807) is 22.3 Å². The van der Waals surface area contributed by atoms with Gasteiger partial charge in [-0.25, -0.2) is 4.98 Å². The molecule has 0 aliphatic carbocycles. The number of methoxy groups -OCH3 is 1. The monoisotopic (exact) mass is 395 g/mol. The number of imidazole rings is 1. The summed E-state index contributed by atoms with van der Waals surface area (Å²) in [6.07, 6.45) is 5.39. The number of para-hydroxylation sites is 2. The molecule has 0 amide bonds. The molecular formula is C19H14BrN3O2. The van der Waals surface area contributed by atoms with Crippen molar-refractivity contribution in [3.63, 3.8) is 0 Å². The number of halogens is 1. The van der Waals surface area contributed by atoms with E-state index in [0.717, 1.165) is 15.7 Å². The van der Waals surface area contributed by atoms with Gasteiger partial charge in [0.05, 0.1) is 18.5 Å². The highest BCUT2D eigenvalue weighted by atomic mass is 79.9. The smallest absolute Gasteiger partial charge is 0.298 e. The van der Waals surface area contributed by atoms with Gasteiger partial charge in [0.15, 0.2) is 0 Å². The molecule has 0 radical (unpaired) electrons. The van der Waals surface area contributed by atoms with E-state index < -0.39 is 0 Å². The third kappa shape index (κ3) is 2.74. The Hall–Kier alpha value is -2.86. The minimum Gasteiger partial charge on any atom is -0.495 e. The quantitative estimate of drug-likeness (QED) is 0.528. The van der Waals surface area contributed by atoms with Gasteiger partial charge in [0.2, 0.25) is 5.65 Å². The third-order valence-corrected chi connectivity index (χ3v) is 4.53. The Morgan fingerprint density at radius 1 is 1.04 bits per heavy atom. The van der Waals surface area contributed by atoms with Gasteiger partial charge in [0.25, 0.3) is 5.56 Å². The molecule has 0 unspecified atom stereocenters. The molecule has 0 spiro atoms. The summed E-state index contributed by atoms with van der Waals surface area (Å²) in [7, 11) is 1.59. The zero-order valence-corrected chi connectivity index (χ0v) is 15.0. The molecule has 124 valence electrons. The molecule has 5 nitrogen and oxygen atoms in total. The minimum atomic E-state index is -0.199. The molecule has 0 N–H and O–H groups in total. The van der Waals surface area contributed by atoms with E-state index in [1.807, 2.05) is 60.9 Å². The lowest BCUT2D eigenvalue weighted by Crippen LogP contribution is -2.20. The molecule has 4 rings (SSSR count). The number of rotatable bonds is 3. The molecule has 0 aliphatic rings. The first-order valence-corrected chi connectivity index (χ1v) is 8.46. The first-order chi connectivity index (χ1) is 12.2. The summed E-state index contributed by atoms with van der Waals surface area (Å²) in [4.78, 5) is 17.4. The summed E-state index contributed by atoms with van der Waals surface area (Å²) in [5, 5.41) is 0. The largest absolute Gasteiger partial charge is 0.495 e. The van der Waals surface area contributed by atoms with Gasteiger partial charge in [-0.1, -0.05) is 40.2 Å². The van der Waals surface area contributed by atoms with Crippen molar-refractivity contribution in [3.05, 3.63) is 81.9 Å². The lowest BCUT2D eigenvalue weighted by atomic mass is 10.2. The third-order valence-electron chi connectivity index (χ3n) is 4.00. The van der Waals surface area contributed by atoms with Crippen LogP contribution in [0.5, 0.6) is 5.75 Å². The van der Waals surface area contributed by atoms with Crippen LogP contribution in [0.3, 0.4) is 0 Å². The maximum absolute atomic E-state index is 12.9. The zero-order valence-electron chi connectivity index (χ0n) is 13.4. The van der Waals surface area contributed by atoms with Crippen LogP contribution in [0.2, 0.25) is 0 Å². The van der Waals surface area contributed by atoms with Crippen LogP contribution < -0.4 is 10.3 Å². The van der Waals surface area contributed by atoms with E-state index in [2.05, 4.69) is 20.9 Å². The van der Waals surface area contributed by atoms with Crippen LogP contribution in [0.25, 0.3) is 22.6 Å². The number of ether oxygens (including phenoxy) is 1. The minimum absolute atomic E-state index is 0.199. The van der Waals surface area contributed by atoms with Gasteiger partial charge in [-0.3, -0.25) is 9.36 Å². The molecule has 0 saturated heterocycles. The van der Waals surface area contributed by atoms with Gasteiger partial charge < -0.3 is 9.14 Å².